The van der Waals surface area contributed by atoms with Crippen LogP contribution in [-0.2, 0) is 19.6 Å². The number of esters is 1. The number of hydrogen-bond donors (Lipinski definition) is 0. The van der Waals surface area contributed by atoms with Crippen molar-refractivity contribution in [3.63, 3.8) is 0 Å². The number of hydrogen-bond acceptors (Lipinski definition) is 6. The van der Waals surface area contributed by atoms with Crippen molar-refractivity contribution in [3.8, 4) is 0 Å². The fraction of sp³-hybridized carbons (Fsp3) is 0.500. The molecule has 0 N–H and O–H groups in total. The first kappa shape index (κ1) is 19.1. The van der Waals surface area contributed by atoms with E-state index in [2.05, 4.69) is 0 Å². The highest BCUT2D eigenvalue weighted by Crippen LogP contribution is 2.54. The third-order valence-corrected chi connectivity index (χ3v) is 8.11. The third kappa shape index (κ3) is 2.69. The minimum atomic E-state index is -3.80. The van der Waals surface area contributed by atoms with E-state index in [1.54, 1.807) is 13.0 Å². The van der Waals surface area contributed by atoms with Crippen LogP contribution in [-0.4, -0.2) is 37.4 Å². The molecule has 0 aliphatic carbocycles. The van der Waals surface area contributed by atoms with Gasteiger partial charge in [-0.25, -0.2) is 13.2 Å². The van der Waals surface area contributed by atoms with Gasteiger partial charge in [0.2, 0.25) is 10.0 Å². The van der Waals surface area contributed by atoms with Gasteiger partial charge < -0.3 is 9.15 Å². The second kappa shape index (κ2) is 6.70. The summed E-state index contributed by atoms with van der Waals surface area (Å²) < 4.78 is 38.9. The van der Waals surface area contributed by atoms with Gasteiger partial charge in [-0.15, -0.1) is 0 Å². The topological polar surface area (TPSA) is 93.9 Å². The van der Waals surface area contributed by atoms with E-state index >= 15 is 0 Å². The predicted molar refractivity (Wildman–Crippen MR) is 102 cm³/mol. The van der Waals surface area contributed by atoms with Crippen molar-refractivity contribution in [2.45, 2.75) is 56.5 Å². The van der Waals surface area contributed by atoms with Gasteiger partial charge in [0.1, 0.15) is 5.58 Å². The Morgan fingerprint density at radius 2 is 2.04 bits per heavy atom. The molecule has 0 spiro atoms. The van der Waals surface area contributed by atoms with E-state index in [-0.39, 0.29) is 23.5 Å². The first-order valence-corrected chi connectivity index (χ1v) is 11.0. The number of carbonyl (C=O) groups is 1. The molecule has 0 saturated carbocycles. The lowest BCUT2D eigenvalue weighted by molar-refractivity contribution is -0.157. The Morgan fingerprint density at radius 3 is 2.75 bits per heavy atom. The van der Waals surface area contributed by atoms with Crippen LogP contribution in [0.1, 0.15) is 39.5 Å². The number of benzene rings is 1. The summed E-state index contributed by atoms with van der Waals surface area (Å²) in [5.74, 6) is -0.301. The minimum Gasteiger partial charge on any atom is -0.466 e. The van der Waals surface area contributed by atoms with Crippen LogP contribution in [0.5, 0.6) is 0 Å². The molecule has 8 heteroatoms. The van der Waals surface area contributed by atoms with Gasteiger partial charge in [-0.05, 0) is 56.9 Å². The lowest BCUT2D eigenvalue weighted by atomic mass is 9.72. The molecule has 2 aromatic rings. The van der Waals surface area contributed by atoms with Gasteiger partial charge in [0.25, 0.3) is 0 Å². The summed E-state index contributed by atoms with van der Waals surface area (Å²) >= 11 is 0. The quantitative estimate of drug-likeness (QED) is 0.561. The van der Waals surface area contributed by atoms with E-state index in [9.17, 15) is 18.0 Å². The first-order valence-electron chi connectivity index (χ1n) is 9.58. The molecule has 0 radical (unpaired) electrons. The number of sulfonamides is 1. The molecule has 2 aliphatic rings. The van der Waals surface area contributed by atoms with Crippen LogP contribution in [0, 0.1) is 5.41 Å². The minimum absolute atomic E-state index is 0.140. The zero-order valence-corrected chi connectivity index (χ0v) is 16.7. The number of nitrogens with zero attached hydrogens (tertiary/aromatic N) is 1. The van der Waals surface area contributed by atoms with Crippen molar-refractivity contribution in [1.82, 2.24) is 4.31 Å². The third-order valence-electron chi connectivity index (χ3n) is 6.16. The molecule has 2 fully saturated rings. The Bertz CT molecular complexity index is 1090. The second-order valence-corrected chi connectivity index (χ2v) is 9.31. The van der Waals surface area contributed by atoms with E-state index in [0.29, 0.717) is 30.2 Å². The van der Waals surface area contributed by atoms with E-state index in [1.807, 2.05) is 6.92 Å². The molecule has 2 bridgehead atoms. The molecule has 4 rings (SSSR count). The van der Waals surface area contributed by atoms with E-state index in [0.717, 1.165) is 6.42 Å². The Labute approximate surface area is 163 Å². The fourth-order valence-corrected chi connectivity index (χ4v) is 6.82. The summed E-state index contributed by atoms with van der Waals surface area (Å²) in [7, 11) is -3.80. The van der Waals surface area contributed by atoms with E-state index in [1.165, 1.54) is 28.6 Å². The van der Waals surface area contributed by atoms with Crippen molar-refractivity contribution >= 4 is 27.0 Å². The van der Waals surface area contributed by atoms with Gasteiger partial charge in [-0.1, -0.05) is 6.92 Å². The molecule has 2 saturated heterocycles. The van der Waals surface area contributed by atoms with Crippen LogP contribution in [0.4, 0.5) is 0 Å². The molecule has 3 atom stereocenters. The van der Waals surface area contributed by atoms with E-state index in [4.69, 9.17) is 9.15 Å². The predicted octanol–water partition coefficient (Wildman–Crippen LogP) is 2.68. The Balaban J connectivity index is 1.75. The smallest absolute Gasteiger partial charge is 0.336 e. The van der Waals surface area contributed by atoms with Gasteiger partial charge in [-0.2, -0.15) is 4.31 Å². The Hall–Kier alpha value is -2.19. The van der Waals surface area contributed by atoms with Crippen LogP contribution < -0.4 is 5.63 Å². The summed E-state index contributed by atoms with van der Waals surface area (Å²) in [4.78, 5) is 24.2. The molecule has 0 amide bonds. The molecule has 3 heterocycles. The standard InChI is InChI=1S/C20H23NO6S/c1-3-20(19(23)26-4-2)12-14-6-9-17(20)21(14)28(24,25)15-7-8-16-13(11-15)5-10-18(22)27-16/h5,7-8,10-11,14,17H,3-4,6,9,12H2,1-2H3/t14-,17+,20+/m0/s1. The van der Waals surface area contributed by atoms with Gasteiger partial charge in [0, 0.05) is 23.5 Å². The number of fused-ring (bicyclic) bond motifs is 3. The monoisotopic (exact) mass is 405 g/mol. The molecule has 7 nitrogen and oxygen atoms in total. The van der Waals surface area contributed by atoms with Crippen LogP contribution in [0.3, 0.4) is 0 Å². The molecule has 1 aromatic carbocycles. The lowest BCUT2D eigenvalue weighted by Crippen LogP contribution is -2.45. The largest absolute Gasteiger partial charge is 0.466 e. The molecule has 28 heavy (non-hydrogen) atoms. The summed E-state index contributed by atoms with van der Waals surface area (Å²) in [5.41, 5.74) is -0.927. The average molecular weight is 405 g/mol. The first-order chi connectivity index (χ1) is 13.3. The number of ether oxygens (including phenoxy) is 1. The second-order valence-electron chi connectivity index (χ2n) is 7.47. The van der Waals surface area contributed by atoms with Gasteiger partial charge in [-0.3, -0.25) is 4.79 Å². The molecular formula is C20H23NO6S. The van der Waals surface area contributed by atoms with Gasteiger partial charge in [0.15, 0.2) is 0 Å². The van der Waals surface area contributed by atoms with Crippen molar-refractivity contribution in [2.75, 3.05) is 6.61 Å². The lowest BCUT2D eigenvalue weighted by Gasteiger charge is -2.34. The van der Waals surface area contributed by atoms with Gasteiger partial charge in [0.05, 0.1) is 16.9 Å². The molecular weight excluding hydrogens is 382 g/mol. The SMILES string of the molecule is CCOC(=O)[C@]1(CC)C[C@@H]2CC[C@H]1N2S(=O)(=O)c1ccc2oc(=O)ccc2c1. The summed E-state index contributed by atoms with van der Waals surface area (Å²) in [6.07, 6.45) is 2.43. The van der Waals surface area contributed by atoms with Crippen molar-refractivity contribution in [2.24, 2.45) is 5.41 Å². The van der Waals surface area contributed by atoms with Crippen LogP contribution in [0.25, 0.3) is 11.0 Å². The zero-order chi connectivity index (χ0) is 20.1. The normalized spacial score (nSPS) is 27.4. The number of carbonyl (C=O) groups excluding carboxylic acids is 1. The van der Waals surface area contributed by atoms with Crippen LogP contribution in [0.2, 0.25) is 0 Å². The molecule has 150 valence electrons. The Kier molecular flexibility index (Phi) is 4.58. The zero-order valence-electron chi connectivity index (χ0n) is 15.9. The molecule has 0 unspecified atom stereocenters. The van der Waals surface area contributed by atoms with Crippen molar-refractivity contribution in [3.05, 3.63) is 40.8 Å². The van der Waals surface area contributed by atoms with Crippen molar-refractivity contribution in [1.29, 1.82) is 0 Å². The highest BCUT2D eigenvalue weighted by atomic mass is 32.2. The summed E-state index contributed by atoms with van der Waals surface area (Å²) in [6.45, 7) is 3.96. The van der Waals surface area contributed by atoms with E-state index < -0.39 is 27.1 Å². The van der Waals surface area contributed by atoms with Crippen LogP contribution in [0.15, 0.2) is 44.4 Å². The van der Waals surface area contributed by atoms with Crippen molar-refractivity contribution < 1.29 is 22.4 Å². The molecule has 1 aromatic heterocycles. The number of rotatable bonds is 5. The molecule has 2 aliphatic heterocycles. The average Bonchev–Trinajstić information content (AvgIpc) is 3.25. The maximum absolute atomic E-state index is 13.5. The fourth-order valence-electron chi connectivity index (χ4n) is 4.84. The summed E-state index contributed by atoms with van der Waals surface area (Å²) in [5, 5.41) is 0.541. The highest BCUT2D eigenvalue weighted by Gasteiger charge is 2.63. The Morgan fingerprint density at radius 1 is 1.25 bits per heavy atom. The highest BCUT2D eigenvalue weighted by molar-refractivity contribution is 7.89. The maximum atomic E-state index is 13.5. The summed E-state index contributed by atoms with van der Waals surface area (Å²) in [6, 6.07) is 6.69. The maximum Gasteiger partial charge on any atom is 0.336 e. The van der Waals surface area contributed by atoms with Gasteiger partial charge >= 0.3 is 11.6 Å². The van der Waals surface area contributed by atoms with Crippen LogP contribution >= 0.6 is 0 Å².